The van der Waals surface area contributed by atoms with Gasteiger partial charge in [0.1, 0.15) is 5.82 Å². The van der Waals surface area contributed by atoms with Gasteiger partial charge in [-0.05, 0) is 123 Å². The molecule has 3 atom stereocenters. The molecule has 5 saturated carbocycles. The molecule has 4 heteroatoms. The van der Waals surface area contributed by atoms with E-state index in [4.69, 9.17) is 0 Å². The standard InChI is InChI=1S/C30H39FN2O/c1-19(27(34)33-30-15-20-13-28(2,17-30)16-29(3,14-20)18-30)21-4-6-22(7-5-21)24-10-11-32-26-9-8-23(31)12-25(24)26/h8-12,19-22H,4-7,13-18H2,1-3H3,(H,33,34)/t19?,20?,21-,22+,28?,29?,30?. The van der Waals surface area contributed by atoms with Crippen LogP contribution in [0.3, 0.4) is 0 Å². The summed E-state index contributed by atoms with van der Waals surface area (Å²) in [6.07, 6.45) is 13.7. The minimum atomic E-state index is -0.201. The Kier molecular flexibility index (Phi) is 5.14. The van der Waals surface area contributed by atoms with Crippen LogP contribution in [0.5, 0.6) is 0 Å². The maximum atomic E-state index is 13.9. The quantitative estimate of drug-likeness (QED) is 0.524. The van der Waals surface area contributed by atoms with Crippen molar-refractivity contribution in [3.8, 4) is 0 Å². The Morgan fingerprint density at radius 2 is 1.74 bits per heavy atom. The molecule has 3 nitrogen and oxygen atoms in total. The molecular formula is C30H39FN2O. The van der Waals surface area contributed by atoms with E-state index in [1.54, 1.807) is 12.1 Å². The van der Waals surface area contributed by atoms with Crippen molar-refractivity contribution in [3.05, 3.63) is 41.8 Å². The highest BCUT2D eigenvalue weighted by atomic mass is 19.1. The van der Waals surface area contributed by atoms with Crippen molar-refractivity contribution in [1.29, 1.82) is 0 Å². The van der Waals surface area contributed by atoms with Gasteiger partial charge in [0, 0.05) is 23.0 Å². The molecule has 1 N–H and O–H groups in total. The van der Waals surface area contributed by atoms with Crippen LogP contribution in [-0.2, 0) is 4.79 Å². The first kappa shape index (κ1) is 22.5. The third kappa shape index (κ3) is 3.85. The van der Waals surface area contributed by atoms with Gasteiger partial charge >= 0.3 is 0 Å². The topological polar surface area (TPSA) is 42.0 Å². The highest BCUT2D eigenvalue weighted by molar-refractivity contribution is 5.82. The van der Waals surface area contributed by atoms with Gasteiger partial charge in [-0.25, -0.2) is 4.39 Å². The summed E-state index contributed by atoms with van der Waals surface area (Å²) < 4.78 is 13.9. The maximum Gasteiger partial charge on any atom is 0.223 e. The Labute approximate surface area is 203 Å². The van der Waals surface area contributed by atoms with Crippen molar-refractivity contribution in [1.82, 2.24) is 10.3 Å². The molecule has 3 unspecified atom stereocenters. The summed E-state index contributed by atoms with van der Waals surface area (Å²) in [4.78, 5) is 18.0. The van der Waals surface area contributed by atoms with Gasteiger partial charge in [0.05, 0.1) is 5.52 Å². The lowest BCUT2D eigenvalue weighted by Gasteiger charge is -2.65. The van der Waals surface area contributed by atoms with E-state index in [0.29, 0.717) is 22.7 Å². The van der Waals surface area contributed by atoms with Crippen LogP contribution in [0.25, 0.3) is 10.9 Å². The minimum Gasteiger partial charge on any atom is -0.350 e. The molecule has 0 aliphatic heterocycles. The van der Waals surface area contributed by atoms with E-state index in [1.165, 1.54) is 50.2 Å². The molecule has 0 spiro atoms. The summed E-state index contributed by atoms with van der Waals surface area (Å²) >= 11 is 0. The second-order valence-electron chi connectivity index (χ2n) is 13.4. The van der Waals surface area contributed by atoms with Gasteiger partial charge in [-0.1, -0.05) is 20.8 Å². The molecule has 0 saturated heterocycles. The second kappa shape index (κ2) is 7.77. The van der Waals surface area contributed by atoms with Gasteiger partial charge < -0.3 is 5.32 Å². The molecular weight excluding hydrogens is 423 g/mol. The number of nitrogens with zero attached hydrogens (tertiary/aromatic N) is 1. The SMILES string of the molecule is CC(C(=O)NC12CC3CC(C)(CC(C)(C3)C1)C2)[C@H]1CC[C@@H](c2ccnc3ccc(F)cc32)CC1. The van der Waals surface area contributed by atoms with Gasteiger partial charge in [-0.2, -0.15) is 0 Å². The van der Waals surface area contributed by atoms with E-state index >= 15 is 0 Å². The Morgan fingerprint density at radius 3 is 2.41 bits per heavy atom. The van der Waals surface area contributed by atoms with Crippen molar-refractivity contribution in [2.75, 3.05) is 0 Å². The first-order valence-electron chi connectivity index (χ1n) is 13.5. The van der Waals surface area contributed by atoms with Crippen LogP contribution in [0.1, 0.15) is 96.5 Å². The fourth-order valence-electron chi connectivity index (χ4n) is 9.60. The fourth-order valence-corrected chi connectivity index (χ4v) is 9.60. The molecule has 1 heterocycles. The zero-order valence-electron chi connectivity index (χ0n) is 21.0. The molecule has 4 bridgehead atoms. The number of carbonyl (C=O) groups excluding carboxylic acids is 1. The third-order valence-corrected chi connectivity index (χ3v) is 10.1. The number of hydrogen-bond donors (Lipinski definition) is 1. The lowest BCUT2D eigenvalue weighted by Crippen LogP contribution is -2.65. The van der Waals surface area contributed by atoms with Crippen molar-refractivity contribution in [2.24, 2.45) is 28.6 Å². The number of rotatable bonds is 4. The smallest absolute Gasteiger partial charge is 0.223 e. The maximum absolute atomic E-state index is 13.9. The highest BCUT2D eigenvalue weighted by Gasteiger charge is 2.60. The van der Waals surface area contributed by atoms with Gasteiger partial charge in [0.25, 0.3) is 0 Å². The Bertz CT molecular complexity index is 1100. The molecule has 34 heavy (non-hydrogen) atoms. The van der Waals surface area contributed by atoms with Gasteiger partial charge in [-0.3, -0.25) is 9.78 Å². The predicted octanol–water partition coefficient (Wildman–Crippen LogP) is 7.15. The zero-order chi connectivity index (χ0) is 23.7. The Hall–Kier alpha value is -1.97. The van der Waals surface area contributed by atoms with Gasteiger partial charge in [0.2, 0.25) is 5.91 Å². The van der Waals surface area contributed by atoms with Crippen LogP contribution in [0, 0.1) is 34.4 Å². The molecule has 5 aliphatic rings. The average Bonchev–Trinajstić information content (AvgIpc) is 2.75. The van der Waals surface area contributed by atoms with Crippen LogP contribution >= 0.6 is 0 Å². The lowest BCUT2D eigenvalue weighted by atomic mass is 9.42. The molecule has 182 valence electrons. The van der Waals surface area contributed by atoms with Crippen LogP contribution in [0.15, 0.2) is 30.5 Å². The summed E-state index contributed by atoms with van der Waals surface area (Å²) in [7, 11) is 0. The van der Waals surface area contributed by atoms with E-state index in [1.807, 2.05) is 6.20 Å². The molecule has 0 radical (unpaired) electrons. The molecule has 1 aromatic heterocycles. The predicted molar refractivity (Wildman–Crippen MR) is 134 cm³/mol. The normalized spacial score (nSPS) is 39.8. The van der Waals surface area contributed by atoms with Crippen molar-refractivity contribution < 1.29 is 9.18 Å². The number of pyridine rings is 1. The number of aromatic nitrogens is 1. The molecule has 5 fully saturated rings. The first-order valence-corrected chi connectivity index (χ1v) is 13.5. The van der Waals surface area contributed by atoms with Crippen LogP contribution in [0.2, 0.25) is 0 Å². The second-order valence-corrected chi connectivity index (χ2v) is 13.4. The first-order chi connectivity index (χ1) is 16.1. The number of hydrogen-bond acceptors (Lipinski definition) is 2. The van der Waals surface area contributed by atoms with E-state index in [9.17, 15) is 9.18 Å². The number of carbonyl (C=O) groups is 1. The summed E-state index contributed by atoms with van der Waals surface area (Å²) in [6, 6.07) is 6.96. The van der Waals surface area contributed by atoms with E-state index in [2.05, 4.69) is 37.1 Å². The zero-order valence-corrected chi connectivity index (χ0v) is 21.0. The molecule has 1 aromatic carbocycles. The Balaban J connectivity index is 1.12. The molecule has 1 amide bonds. The Morgan fingerprint density at radius 1 is 1.03 bits per heavy atom. The van der Waals surface area contributed by atoms with Crippen molar-refractivity contribution >= 4 is 16.8 Å². The van der Waals surface area contributed by atoms with Crippen LogP contribution in [0.4, 0.5) is 4.39 Å². The summed E-state index contributed by atoms with van der Waals surface area (Å²) in [5, 5.41) is 4.60. The minimum absolute atomic E-state index is 0.0332. The fraction of sp³-hybridized carbons (Fsp3) is 0.667. The van der Waals surface area contributed by atoms with E-state index in [0.717, 1.165) is 42.5 Å². The summed E-state index contributed by atoms with van der Waals surface area (Å²) in [5.41, 5.74) is 2.94. The number of fused-ring (bicyclic) bond motifs is 1. The van der Waals surface area contributed by atoms with E-state index in [-0.39, 0.29) is 23.2 Å². The van der Waals surface area contributed by atoms with Crippen molar-refractivity contribution in [3.63, 3.8) is 0 Å². The monoisotopic (exact) mass is 462 g/mol. The number of benzene rings is 1. The van der Waals surface area contributed by atoms with Crippen LogP contribution in [-0.4, -0.2) is 16.4 Å². The molecule has 7 rings (SSSR count). The van der Waals surface area contributed by atoms with Gasteiger partial charge in [-0.15, -0.1) is 0 Å². The average molecular weight is 463 g/mol. The lowest BCUT2D eigenvalue weighted by molar-refractivity contribution is -0.143. The summed E-state index contributed by atoms with van der Waals surface area (Å²) in [5.74, 6) is 1.78. The number of nitrogens with one attached hydrogen (secondary N) is 1. The number of amides is 1. The van der Waals surface area contributed by atoms with E-state index < -0.39 is 0 Å². The largest absolute Gasteiger partial charge is 0.350 e. The van der Waals surface area contributed by atoms with Gasteiger partial charge in [0.15, 0.2) is 0 Å². The molecule has 2 aromatic rings. The molecule has 5 aliphatic carbocycles. The van der Waals surface area contributed by atoms with Crippen molar-refractivity contribution in [2.45, 2.75) is 96.4 Å². The third-order valence-electron chi connectivity index (χ3n) is 10.1. The summed E-state index contributed by atoms with van der Waals surface area (Å²) in [6.45, 7) is 7.09. The number of halogens is 1. The van der Waals surface area contributed by atoms with Crippen LogP contribution < -0.4 is 5.32 Å². The highest BCUT2D eigenvalue weighted by Crippen LogP contribution is 2.66.